The molecule has 1 aromatic carbocycles. The second-order valence-electron chi connectivity index (χ2n) is 10.7. The Morgan fingerprint density at radius 3 is 2.54 bits per heavy atom. The maximum atomic E-state index is 13.2. The van der Waals surface area contributed by atoms with Gasteiger partial charge in [0.05, 0.1) is 12.8 Å². The maximum Gasteiger partial charge on any atom is 0.252 e. The Bertz CT molecular complexity index is 1390. The highest BCUT2D eigenvalue weighted by Gasteiger charge is 2.26. The monoisotopic (exact) mass is 533 g/mol. The van der Waals surface area contributed by atoms with E-state index in [4.69, 9.17) is 9.72 Å². The Kier molecular flexibility index (Phi) is 8.02. The van der Waals surface area contributed by atoms with Crippen molar-refractivity contribution in [3.8, 4) is 5.75 Å². The summed E-state index contributed by atoms with van der Waals surface area (Å²) in [4.78, 5) is 39.1. The van der Waals surface area contributed by atoms with E-state index in [1.54, 1.807) is 19.4 Å². The lowest BCUT2D eigenvalue weighted by atomic mass is 9.90. The van der Waals surface area contributed by atoms with Crippen LogP contribution in [0.1, 0.15) is 50.6 Å². The van der Waals surface area contributed by atoms with Gasteiger partial charge in [-0.15, -0.1) is 0 Å². The van der Waals surface area contributed by atoms with Crippen molar-refractivity contribution < 1.29 is 9.53 Å². The van der Waals surface area contributed by atoms with Crippen LogP contribution in [0.4, 0.5) is 17.3 Å². The molecule has 5 rings (SSSR count). The summed E-state index contributed by atoms with van der Waals surface area (Å²) >= 11 is 0. The van der Waals surface area contributed by atoms with E-state index in [0.29, 0.717) is 18.0 Å². The van der Waals surface area contributed by atoms with Crippen LogP contribution in [0, 0.1) is 6.92 Å². The van der Waals surface area contributed by atoms with Crippen molar-refractivity contribution in [2.75, 3.05) is 50.6 Å². The third-order valence-corrected chi connectivity index (χ3v) is 8.03. The molecule has 1 saturated heterocycles. The van der Waals surface area contributed by atoms with E-state index < -0.39 is 0 Å². The molecule has 0 bridgehead atoms. The van der Waals surface area contributed by atoms with Crippen molar-refractivity contribution in [1.82, 2.24) is 24.8 Å². The highest BCUT2D eigenvalue weighted by atomic mass is 16.5. The van der Waals surface area contributed by atoms with Gasteiger partial charge in [0.25, 0.3) is 5.56 Å². The number of hydrogen-bond donors (Lipinski definition) is 2. The van der Waals surface area contributed by atoms with Crippen LogP contribution < -0.4 is 25.8 Å². The number of hydrogen-bond acceptors (Lipinski definition) is 8. The first-order chi connectivity index (χ1) is 18.9. The Morgan fingerprint density at radius 1 is 1.10 bits per heavy atom. The van der Waals surface area contributed by atoms with Crippen LogP contribution in [-0.2, 0) is 4.79 Å². The quantitative estimate of drug-likeness (QED) is 0.475. The molecular formula is C29H39N7O3. The number of fused-ring (bicyclic) bond motifs is 1. The first kappa shape index (κ1) is 26.9. The summed E-state index contributed by atoms with van der Waals surface area (Å²) in [5.74, 6) is 1.30. The summed E-state index contributed by atoms with van der Waals surface area (Å²) in [6.45, 7) is 7.73. The van der Waals surface area contributed by atoms with Gasteiger partial charge >= 0.3 is 0 Å². The molecule has 10 heteroatoms. The molecule has 0 radical (unpaired) electrons. The van der Waals surface area contributed by atoms with E-state index in [2.05, 4.69) is 38.5 Å². The molecule has 2 fully saturated rings. The number of carbonyl (C=O) groups is 1. The SMILES string of the molecule is CCC(=O)NC1CCC(n2c(=O)cc(C)c3cnc(Nc4ccc(N5CCN(C)CC5)c(OC)c4)nc32)CC1. The Hall–Kier alpha value is -3.66. The Morgan fingerprint density at radius 2 is 1.85 bits per heavy atom. The minimum atomic E-state index is -0.0520. The van der Waals surface area contributed by atoms with Crippen molar-refractivity contribution >= 4 is 34.3 Å². The zero-order chi connectivity index (χ0) is 27.5. The van der Waals surface area contributed by atoms with Gasteiger partial charge in [0.2, 0.25) is 11.9 Å². The number of amides is 1. The third-order valence-electron chi connectivity index (χ3n) is 8.03. The van der Waals surface area contributed by atoms with E-state index in [-0.39, 0.29) is 23.6 Å². The number of carbonyl (C=O) groups excluding carboxylic acids is 1. The van der Waals surface area contributed by atoms with Gasteiger partial charge in [-0.2, -0.15) is 4.98 Å². The number of piperazine rings is 1. The second kappa shape index (κ2) is 11.6. The number of pyridine rings is 1. The minimum Gasteiger partial charge on any atom is -0.495 e. The van der Waals surface area contributed by atoms with E-state index >= 15 is 0 Å². The molecule has 1 saturated carbocycles. The van der Waals surface area contributed by atoms with Crippen LogP contribution in [0.15, 0.2) is 35.3 Å². The molecule has 1 amide bonds. The molecular weight excluding hydrogens is 494 g/mol. The van der Waals surface area contributed by atoms with Crippen molar-refractivity contribution in [2.24, 2.45) is 0 Å². The number of aromatic nitrogens is 3. The Labute approximate surface area is 229 Å². The van der Waals surface area contributed by atoms with Gasteiger partial charge in [-0.1, -0.05) is 6.92 Å². The smallest absolute Gasteiger partial charge is 0.252 e. The van der Waals surface area contributed by atoms with Gasteiger partial charge < -0.3 is 25.2 Å². The van der Waals surface area contributed by atoms with Gasteiger partial charge in [-0.3, -0.25) is 14.2 Å². The molecule has 10 nitrogen and oxygen atoms in total. The third kappa shape index (κ3) is 5.85. The maximum absolute atomic E-state index is 13.2. The Balaban J connectivity index is 1.40. The minimum absolute atomic E-state index is 0.0288. The molecule has 3 heterocycles. The zero-order valence-electron chi connectivity index (χ0n) is 23.4. The predicted molar refractivity (Wildman–Crippen MR) is 154 cm³/mol. The molecule has 208 valence electrons. The summed E-state index contributed by atoms with van der Waals surface area (Å²) in [7, 11) is 3.83. The summed E-state index contributed by atoms with van der Waals surface area (Å²) in [5, 5.41) is 7.28. The number of aryl methyl sites for hydroxylation is 1. The fourth-order valence-electron chi connectivity index (χ4n) is 5.69. The highest BCUT2D eigenvalue weighted by molar-refractivity contribution is 5.80. The standard InChI is InChI=1S/C29H39N7O3/c1-5-26(37)31-20-6-9-22(10-7-20)36-27(38)16-19(2)23-18-30-29(33-28(23)36)32-21-8-11-24(25(17-21)39-4)35-14-12-34(3)13-15-35/h8,11,16-18,20,22H,5-7,9-10,12-15H2,1-4H3,(H,31,37)(H,30,32,33). The van der Waals surface area contributed by atoms with Gasteiger partial charge in [-0.25, -0.2) is 4.98 Å². The summed E-state index contributed by atoms with van der Waals surface area (Å²) in [6.07, 6.45) is 5.58. The molecule has 3 aromatic rings. The van der Waals surface area contributed by atoms with E-state index in [1.807, 2.05) is 30.5 Å². The van der Waals surface area contributed by atoms with Gasteiger partial charge in [0.1, 0.15) is 11.4 Å². The zero-order valence-corrected chi connectivity index (χ0v) is 23.4. The number of nitrogens with zero attached hydrogens (tertiary/aromatic N) is 5. The lowest BCUT2D eigenvalue weighted by Gasteiger charge is -2.34. The fraction of sp³-hybridized carbons (Fsp3) is 0.517. The van der Waals surface area contributed by atoms with Crippen LogP contribution in [0.5, 0.6) is 5.75 Å². The van der Waals surface area contributed by atoms with Crippen molar-refractivity contribution in [2.45, 2.75) is 58.0 Å². The second-order valence-corrected chi connectivity index (χ2v) is 10.7. The van der Waals surface area contributed by atoms with E-state index in [0.717, 1.165) is 79.9 Å². The summed E-state index contributed by atoms with van der Waals surface area (Å²) < 4.78 is 7.56. The average molecular weight is 534 g/mol. The number of rotatable bonds is 7. The van der Waals surface area contributed by atoms with Crippen LogP contribution >= 0.6 is 0 Å². The molecule has 1 aliphatic heterocycles. The van der Waals surface area contributed by atoms with Crippen molar-refractivity contribution in [1.29, 1.82) is 0 Å². The predicted octanol–water partition coefficient (Wildman–Crippen LogP) is 3.61. The average Bonchev–Trinajstić information content (AvgIpc) is 2.94. The molecule has 2 N–H and O–H groups in total. The van der Waals surface area contributed by atoms with Gasteiger partial charge in [-0.05, 0) is 57.4 Å². The molecule has 0 unspecified atom stereocenters. The van der Waals surface area contributed by atoms with Gasteiger partial charge in [0, 0.05) is 74.1 Å². The molecule has 0 spiro atoms. The number of nitrogens with one attached hydrogen (secondary N) is 2. The lowest BCUT2D eigenvalue weighted by molar-refractivity contribution is -0.121. The normalized spacial score (nSPS) is 20.2. The van der Waals surface area contributed by atoms with Crippen LogP contribution in [0.3, 0.4) is 0 Å². The van der Waals surface area contributed by atoms with Crippen LogP contribution in [0.25, 0.3) is 11.0 Å². The van der Waals surface area contributed by atoms with E-state index in [1.165, 1.54) is 0 Å². The number of ether oxygens (including phenoxy) is 1. The van der Waals surface area contributed by atoms with Gasteiger partial charge in [0.15, 0.2) is 0 Å². The number of methoxy groups -OCH3 is 1. The number of benzene rings is 1. The topological polar surface area (TPSA) is 105 Å². The summed E-state index contributed by atoms with van der Waals surface area (Å²) in [5.41, 5.74) is 3.34. The largest absolute Gasteiger partial charge is 0.495 e. The molecule has 2 aromatic heterocycles. The van der Waals surface area contributed by atoms with E-state index in [9.17, 15) is 9.59 Å². The first-order valence-electron chi connectivity index (χ1n) is 13.9. The molecule has 0 atom stereocenters. The molecule has 1 aliphatic carbocycles. The first-order valence-corrected chi connectivity index (χ1v) is 13.9. The van der Waals surface area contributed by atoms with Crippen LogP contribution in [-0.4, -0.2) is 71.7 Å². The molecule has 39 heavy (non-hydrogen) atoms. The highest BCUT2D eigenvalue weighted by Crippen LogP contribution is 2.34. The van der Waals surface area contributed by atoms with Crippen molar-refractivity contribution in [3.63, 3.8) is 0 Å². The summed E-state index contributed by atoms with van der Waals surface area (Å²) in [6, 6.07) is 7.92. The fourth-order valence-corrected chi connectivity index (χ4v) is 5.69. The lowest BCUT2D eigenvalue weighted by Crippen LogP contribution is -2.44. The number of likely N-dealkylation sites (N-methyl/N-ethyl adjacent to an activating group) is 1. The van der Waals surface area contributed by atoms with Crippen molar-refractivity contribution in [3.05, 3.63) is 46.4 Å². The number of anilines is 3. The molecule has 2 aliphatic rings. The van der Waals surface area contributed by atoms with Crippen LogP contribution in [0.2, 0.25) is 0 Å².